The summed E-state index contributed by atoms with van der Waals surface area (Å²) in [5.41, 5.74) is 5.47. The molecule has 0 spiro atoms. The van der Waals surface area contributed by atoms with E-state index in [1.165, 1.54) is 0 Å². The Kier molecular flexibility index (Phi) is 4.19. The molecule has 0 radical (unpaired) electrons. The maximum absolute atomic E-state index is 11.9. The fraction of sp³-hybridized carbons (Fsp3) is 0.833. The number of nitrogens with two attached hydrogens (primary N) is 1. The summed E-state index contributed by atoms with van der Waals surface area (Å²) in [6.07, 6.45) is 3.41. The van der Waals surface area contributed by atoms with Gasteiger partial charge in [0, 0.05) is 6.54 Å². The van der Waals surface area contributed by atoms with E-state index >= 15 is 0 Å². The molecule has 102 valence electrons. The van der Waals surface area contributed by atoms with Gasteiger partial charge >= 0.3 is 5.97 Å². The minimum atomic E-state index is -0.969. The van der Waals surface area contributed by atoms with Crippen LogP contribution in [0.2, 0.25) is 0 Å². The highest BCUT2D eigenvalue weighted by Crippen LogP contribution is 2.33. The number of hydrogen-bond acceptors (Lipinski definition) is 4. The second-order valence-corrected chi connectivity index (χ2v) is 5.14. The molecule has 3 unspecified atom stereocenters. The molecule has 1 heterocycles. The minimum absolute atomic E-state index is 0.0764. The number of ether oxygens (including phenoxy) is 1. The average Bonchev–Trinajstić information content (AvgIpc) is 3.02. The Bertz CT molecular complexity index is 330. The maximum Gasteiger partial charge on any atom is 0.326 e. The summed E-state index contributed by atoms with van der Waals surface area (Å²) in [4.78, 5) is 22.9. The molecule has 0 bridgehead atoms. The summed E-state index contributed by atoms with van der Waals surface area (Å²) in [7, 11) is 0. The Balaban J connectivity index is 1.82. The van der Waals surface area contributed by atoms with Crippen LogP contribution in [0.1, 0.15) is 32.1 Å². The lowest BCUT2D eigenvalue weighted by Crippen LogP contribution is -2.46. The van der Waals surface area contributed by atoms with E-state index < -0.39 is 18.1 Å². The second kappa shape index (κ2) is 5.67. The van der Waals surface area contributed by atoms with E-state index in [4.69, 9.17) is 15.6 Å². The zero-order valence-corrected chi connectivity index (χ0v) is 10.3. The number of nitrogens with one attached hydrogen (secondary N) is 1. The summed E-state index contributed by atoms with van der Waals surface area (Å²) >= 11 is 0. The standard InChI is InChI=1S/C12H20N2O4/c13-6-8-3-4-10(18-8)11(15)14-9(12(16)17)5-7-1-2-7/h7-10H,1-6,13H2,(H,14,15)(H,16,17). The number of amides is 1. The molecule has 1 saturated heterocycles. The zero-order valence-electron chi connectivity index (χ0n) is 10.3. The number of aliphatic carboxylic acids is 1. The summed E-state index contributed by atoms with van der Waals surface area (Å²) in [6, 6.07) is -0.787. The van der Waals surface area contributed by atoms with Gasteiger partial charge in [-0.25, -0.2) is 4.79 Å². The van der Waals surface area contributed by atoms with Gasteiger partial charge in [-0.2, -0.15) is 0 Å². The molecule has 6 nitrogen and oxygen atoms in total. The summed E-state index contributed by atoms with van der Waals surface area (Å²) in [5.74, 6) is -0.838. The quantitative estimate of drug-likeness (QED) is 0.614. The molecular formula is C12H20N2O4. The van der Waals surface area contributed by atoms with E-state index in [0.29, 0.717) is 25.3 Å². The highest BCUT2D eigenvalue weighted by atomic mass is 16.5. The molecule has 2 aliphatic rings. The number of carbonyl (C=O) groups excluding carboxylic acids is 1. The molecule has 1 aliphatic heterocycles. The van der Waals surface area contributed by atoms with Gasteiger partial charge in [0.25, 0.3) is 0 Å². The number of carbonyl (C=O) groups is 2. The maximum atomic E-state index is 11.9. The Morgan fingerprint density at radius 1 is 1.33 bits per heavy atom. The van der Waals surface area contributed by atoms with Gasteiger partial charge in [0.05, 0.1) is 6.10 Å². The normalized spacial score (nSPS) is 28.9. The molecule has 1 amide bonds. The molecule has 6 heteroatoms. The average molecular weight is 256 g/mol. The van der Waals surface area contributed by atoms with Crippen LogP contribution in [-0.4, -0.2) is 41.8 Å². The van der Waals surface area contributed by atoms with Crippen molar-refractivity contribution < 1.29 is 19.4 Å². The summed E-state index contributed by atoms with van der Waals surface area (Å²) in [6.45, 7) is 0.397. The van der Waals surface area contributed by atoms with Crippen LogP contribution in [0.4, 0.5) is 0 Å². The third kappa shape index (κ3) is 3.43. The molecule has 1 saturated carbocycles. The van der Waals surface area contributed by atoms with Crippen LogP contribution in [0.5, 0.6) is 0 Å². The zero-order chi connectivity index (χ0) is 13.1. The van der Waals surface area contributed by atoms with Crippen molar-refractivity contribution in [3.05, 3.63) is 0 Å². The topological polar surface area (TPSA) is 102 Å². The van der Waals surface area contributed by atoms with Crippen LogP contribution >= 0.6 is 0 Å². The lowest BCUT2D eigenvalue weighted by molar-refractivity contribution is -0.144. The van der Waals surface area contributed by atoms with Crippen molar-refractivity contribution in [3.8, 4) is 0 Å². The van der Waals surface area contributed by atoms with Crippen molar-refractivity contribution in [3.63, 3.8) is 0 Å². The molecular weight excluding hydrogens is 236 g/mol. The fourth-order valence-corrected chi connectivity index (χ4v) is 2.24. The molecule has 2 rings (SSSR count). The Labute approximate surface area is 106 Å². The first-order valence-electron chi connectivity index (χ1n) is 6.49. The van der Waals surface area contributed by atoms with Crippen LogP contribution in [-0.2, 0) is 14.3 Å². The van der Waals surface area contributed by atoms with Crippen LogP contribution in [0.3, 0.4) is 0 Å². The Morgan fingerprint density at radius 2 is 2.06 bits per heavy atom. The van der Waals surface area contributed by atoms with Crippen LogP contribution < -0.4 is 11.1 Å². The predicted molar refractivity (Wildman–Crippen MR) is 63.9 cm³/mol. The number of carboxylic acid groups (broad SMARTS) is 1. The van der Waals surface area contributed by atoms with Crippen molar-refractivity contribution >= 4 is 11.9 Å². The molecule has 4 N–H and O–H groups in total. The first kappa shape index (κ1) is 13.3. The van der Waals surface area contributed by atoms with Crippen LogP contribution in [0.25, 0.3) is 0 Å². The van der Waals surface area contributed by atoms with Crippen molar-refractivity contribution in [2.24, 2.45) is 11.7 Å². The SMILES string of the molecule is NCC1CCC(C(=O)NC(CC2CC2)C(=O)O)O1. The van der Waals surface area contributed by atoms with Crippen molar-refractivity contribution in [1.29, 1.82) is 0 Å². The van der Waals surface area contributed by atoms with E-state index in [0.717, 1.165) is 19.3 Å². The van der Waals surface area contributed by atoms with Gasteiger partial charge in [-0.15, -0.1) is 0 Å². The van der Waals surface area contributed by atoms with E-state index in [1.807, 2.05) is 0 Å². The number of carboxylic acids is 1. The Hall–Kier alpha value is -1.14. The number of hydrogen-bond donors (Lipinski definition) is 3. The van der Waals surface area contributed by atoms with Crippen LogP contribution in [0, 0.1) is 5.92 Å². The highest BCUT2D eigenvalue weighted by Gasteiger charge is 2.34. The third-order valence-corrected chi connectivity index (χ3v) is 3.54. The van der Waals surface area contributed by atoms with Gasteiger partial charge in [-0.3, -0.25) is 4.79 Å². The van der Waals surface area contributed by atoms with E-state index in [1.54, 1.807) is 0 Å². The molecule has 18 heavy (non-hydrogen) atoms. The monoisotopic (exact) mass is 256 g/mol. The highest BCUT2D eigenvalue weighted by molar-refractivity contribution is 5.86. The van der Waals surface area contributed by atoms with Crippen molar-refractivity contribution in [2.45, 2.75) is 50.4 Å². The van der Waals surface area contributed by atoms with Gasteiger partial charge in [-0.05, 0) is 25.2 Å². The molecule has 0 aromatic carbocycles. The molecule has 1 aliphatic carbocycles. The molecule has 3 atom stereocenters. The van der Waals surface area contributed by atoms with E-state index in [9.17, 15) is 9.59 Å². The first-order valence-corrected chi connectivity index (χ1v) is 6.49. The van der Waals surface area contributed by atoms with Gasteiger partial charge in [0.1, 0.15) is 12.1 Å². The summed E-state index contributed by atoms with van der Waals surface area (Å²) in [5, 5.41) is 11.6. The smallest absolute Gasteiger partial charge is 0.326 e. The van der Waals surface area contributed by atoms with Crippen molar-refractivity contribution in [1.82, 2.24) is 5.32 Å². The van der Waals surface area contributed by atoms with Crippen molar-refractivity contribution in [2.75, 3.05) is 6.54 Å². The third-order valence-electron chi connectivity index (χ3n) is 3.54. The lowest BCUT2D eigenvalue weighted by Gasteiger charge is -2.17. The van der Waals surface area contributed by atoms with Gasteiger partial charge in [0.2, 0.25) is 5.91 Å². The molecule has 0 aromatic heterocycles. The van der Waals surface area contributed by atoms with Gasteiger partial charge < -0.3 is 20.9 Å². The largest absolute Gasteiger partial charge is 0.480 e. The summed E-state index contributed by atoms with van der Waals surface area (Å²) < 4.78 is 5.44. The molecule has 0 aromatic rings. The lowest BCUT2D eigenvalue weighted by atomic mass is 10.1. The van der Waals surface area contributed by atoms with E-state index in [2.05, 4.69) is 5.32 Å². The minimum Gasteiger partial charge on any atom is -0.480 e. The van der Waals surface area contributed by atoms with Gasteiger partial charge in [0.15, 0.2) is 0 Å². The first-order chi connectivity index (χ1) is 8.60. The predicted octanol–water partition coefficient (Wildman–Crippen LogP) is -0.138. The fourth-order valence-electron chi connectivity index (χ4n) is 2.24. The number of rotatable bonds is 6. The molecule has 2 fully saturated rings. The van der Waals surface area contributed by atoms with Gasteiger partial charge in [-0.1, -0.05) is 12.8 Å². The second-order valence-electron chi connectivity index (χ2n) is 5.14. The van der Waals surface area contributed by atoms with Crippen LogP contribution in [0.15, 0.2) is 0 Å². The Morgan fingerprint density at radius 3 is 2.56 bits per heavy atom. The van der Waals surface area contributed by atoms with E-state index in [-0.39, 0.29) is 12.0 Å².